The fraction of sp³-hybridized carbons (Fsp3) is 0.400. The number of hydrogen-bond acceptors (Lipinski definition) is 2. The van der Waals surface area contributed by atoms with Gasteiger partial charge in [0.25, 0.3) is 0 Å². The van der Waals surface area contributed by atoms with Crippen molar-refractivity contribution in [3.8, 4) is 5.75 Å². The van der Waals surface area contributed by atoms with Crippen molar-refractivity contribution in [1.82, 2.24) is 0 Å². The van der Waals surface area contributed by atoms with Gasteiger partial charge in [0.1, 0.15) is 16.9 Å². The quantitative estimate of drug-likeness (QED) is 0.893. The van der Waals surface area contributed by atoms with Gasteiger partial charge >= 0.3 is 0 Å². The third-order valence-electron chi connectivity index (χ3n) is 2.34. The van der Waals surface area contributed by atoms with E-state index in [0.717, 1.165) is 12.8 Å². The van der Waals surface area contributed by atoms with Gasteiger partial charge in [-0.3, -0.25) is 0 Å². The van der Waals surface area contributed by atoms with E-state index in [0.29, 0.717) is 15.8 Å². The molecule has 0 spiro atoms. The number of nitrogens with two attached hydrogens (primary N) is 1. The molecule has 0 saturated heterocycles. The largest absolute Gasteiger partial charge is 0.489 e. The van der Waals surface area contributed by atoms with Gasteiger partial charge in [-0.1, -0.05) is 29.3 Å². The Morgan fingerprint density at radius 2 is 1.93 bits per heavy atom. The predicted molar refractivity (Wildman–Crippen MR) is 65.3 cm³/mol. The third-order valence-corrected chi connectivity index (χ3v) is 3.14. The highest BCUT2D eigenvalue weighted by molar-refractivity contribution is 6.42. The average molecular weight is 269 g/mol. The Labute approximate surface area is 105 Å². The predicted octanol–water partition coefficient (Wildman–Crippen LogP) is 3.28. The number of benzene rings is 1. The Hall–Kier alpha value is -0.150. The van der Waals surface area contributed by atoms with Gasteiger partial charge in [0.05, 0.1) is 5.02 Å². The summed E-state index contributed by atoms with van der Waals surface area (Å²) < 4.78 is 5.64. The van der Waals surface area contributed by atoms with Crippen LogP contribution in [0.5, 0.6) is 5.75 Å². The van der Waals surface area contributed by atoms with Crippen LogP contribution < -0.4 is 10.5 Å². The topological polar surface area (TPSA) is 35.2 Å². The molecule has 5 heteroatoms. The van der Waals surface area contributed by atoms with Crippen LogP contribution >= 0.6 is 35.6 Å². The van der Waals surface area contributed by atoms with Crippen LogP contribution in [0.1, 0.15) is 12.8 Å². The van der Waals surface area contributed by atoms with E-state index in [1.807, 2.05) is 12.1 Å². The molecule has 0 bridgehead atoms. The SMILES string of the molecule is Cl.N[C@H]1C[C@@H](Oc2cccc(Cl)c2Cl)C1. The van der Waals surface area contributed by atoms with Gasteiger partial charge in [-0.15, -0.1) is 12.4 Å². The van der Waals surface area contributed by atoms with Crippen LogP contribution in [0.4, 0.5) is 0 Å². The minimum absolute atomic E-state index is 0. The molecule has 0 aromatic heterocycles. The molecule has 0 amide bonds. The maximum Gasteiger partial charge on any atom is 0.139 e. The van der Waals surface area contributed by atoms with E-state index >= 15 is 0 Å². The first kappa shape index (κ1) is 12.9. The van der Waals surface area contributed by atoms with Gasteiger partial charge in [-0.25, -0.2) is 0 Å². The Balaban J connectivity index is 0.00000112. The maximum atomic E-state index is 5.97. The van der Waals surface area contributed by atoms with Crippen molar-refractivity contribution < 1.29 is 4.74 Å². The molecule has 2 N–H and O–H groups in total. The van der Waals surface area contributed by atoms with Crippen molar-refractivity contribution in [1.29, 1.82) is 0 Å². The summed E-state index contributed by atoms with van der Waals surface area (Å²) in [4.78, 5) is 0. The first-order valence-electron chi connectivity index (χ1n) is 4.53. The molecule has 15 heavy (non-hydrogen) atoms. The number of hydrogen-bond donors (Lipinski definition) is 1. The second-order valence-electron chi connectivity index (χ2n) is 3.52. The third kappa shape index (κ3) is 2.91. The van der Waals surface area contributed by atoms with Crippen molar-refractivity contribution in [3.05, 3.63) is 28.2 Å². The van der Waals surface area contributed by atoms with E-state index in [4.69, 9.17) is 33.7 Å². The van der Waals surface area contributed by atoms with Crippen LogP contribution in [0.15, 0.2) is 18.2 Å². The Bertz CT molecular complexity index is 339. The molecule has 1 fully saturated rings. The minimum Gasteiger partial charge on any atom is -0.489 e. The molecule has 0 unspecified atom stereocenters. The first-order chi connectivity index (χ1) is 6.66. The van der Waals surface area contributed by atoms with Gasteiger partial charge in [-0.05, 0) is 25.0 Å². The van der Waals surface area contributed by atoms with E-state index in [-0.39, 0.29) is 24.6 Å². The lowest BCUT2D eigenvalue weighted by Gasteiger charge is -2.32. The molecule has 2 rings (SSSR count). The highest BCUT2D eigenvalue weighted by Crippen LogP contribution is 2.34. The molecule has 0 heterocycles. The molecule has 0 aliphatic heterocycles. The second kappa shape index (κ2) is 5.26. The second-order valence-corrected chi connectivity index (χ2v) is 4.31. The molecule has 0 atom stereocenters. The summed E-state index contributed by atoms with van der Waals surface area (Å²) in [6.07, 6.45) is 1.98. The minimum atomic E-state index is 0. The van der Waals surface area contributed by atoms with Crippen molar-refractivity contribution >= 4 is 35.6 Å². The van der Waals surface area contributed by atoms with Crippen molar-refractivity contribution in [3.63, 3.8) is 0 Å². The zero-order chi connectivity index (χ0) is 10.1. The van der Waals surface area contributed by atoms with E-state index in [1.165, 1.54) is 0 Å². The zero-order valence-electron chi connectivity index (χ0n) is 7.95. The molecule has 2 nitrogen and oxygen atoms in total. The van der Waals surface area contributed by atoms with Crippen LogP contribution in [-0.4, -0.2) is 12.1 Å². The van der Waals surface area contributed by atoms with Crippen LogP contribution in [0.2, 0.25) is 10.0 Å². The fourth-order valence-corrected chi connectivity index (χ4v) is 1.79. The van der Waals surface area contributed by atoms with Crippen molar-refractivity contribution in [2.45, 2.75) is 25.0 Å². The van der Waals surface area contributed by atoms with Crippen LogP contribution in [0.25, 0.3) is 0 Å². The summed E-state index contributed by atoms with van der Waals surface area (Å²) in [6.45, 7) is 0. The van der Waals surface area contributed by atoms with Gasteiger partial charge in [0, 0.05) is 6.04 Å². The van der Waals surface area contributed by atoms with Gasteiger partial charge < -0.3 is 10.5 Å². The monoisotopic (exact) mass is 267 g/mol. The van der Waals surface area contributed by atoms with Crippen LogP contribution in [-0.2, 0) is 0 Å². The summed E-state index contributed by atoms with van der Waals surface area (Å²) in [5, 5.41) is 1.00. The Kier molecular flexibility index (Phi) is 4.53. The molecule has 1 aliphatic rings. The number of halogens is 3. The summed E-state index contributed by atoms with van der Waals surface area (Å²) in [7, 11) is 0. The maximum absolute atomic E-state index is 5.97. The molecule has 1 aliphatic carbocycles. The highest BCUT2D eigenvalue weighted by atomic mass is 35.5. The molecule has 0 radical (unpaired) electrons. The lowest BCUT2D eigenvalue weighted by molar-refractivity contribution is 0.101. The van der Waals surface area contributed by atoms with E-state index in [2.05, 4.69) is 0 Å². The normalized spacial score (nSPS) is 23.9. The molecule has 1 aromatic carbocycles. The average Bonchev–Trinajstić information content (AvgIpc) is 2.10. The number of ether oxygens (including phenoxy) is 1. The van der Waals surface area contributed by atoms with Crippen LogP contribution in [0, 0.1) is 0 Å². The smallest absolute Gasteiger partial charge is 0.139 e. The highest BCUT2D eigenvalue weighted by Gasteiger charge is 2.28. The van der Waals surface area contributed by atoms with Gasteiger partial charge in [-0.2, -0.15) is 0 Å². The molecular formula is C10H12Cl3NO. The summed E-state index contributed by atoms with van der Waals surface area (Å²) in [5.74, 6) is 0.649. The molecule has 1 aromatic rings. The summed E-state index contributed by atoms with van der Waals surface area (Å²) in [5.41, 5.74) is 5.65. The van der Waals surface area contributed by atoms with Gasteiger partial charge in [0.15, 0.2) is 0 Å². The van der Waals surface area contributed by atoms with Crippen LogP contribution in [0.3, 0.4) is 0 Å². The summed E-state index contributed by atoms with van der Waals surface area (Å²) >= 11 is 11.8. The van der Waals surface area contributed by atoms with Gasteiger partial charge in [0.2, 0.25) is 0 Å². The molecule has 1 saturated carbocycles. The van der Waals surface area contributed by atoms with Crippen molar-refractivity contribution in [2.24, 2.45) is 5.73 Å². The van der Waals surface area contributed by atoms with Crippen molar-refractivity contribution in [2.75, 3.05) is 0 Å². The van der Waals surface area contributed by atoms with E-state index < -0.39 is 0 Å². The standard InChI is InChI=1S/C10H11Cl2NO.ClH/c11-8-2-1-3-9(10(8)12)14-7-4-6(13)5-7;/h1-3,6-7H,4-5,13H2;1H/t6-,7+;. The Morgan fingerprint density at radius 1 is 1.27 bits per heavy atom. The number of rotatable bonds is 2. The molecule has 84 valence electrons. The zero-order valence-corrected chi connectivity index (χ0v) is 10.3. The molecular weight excluding hydrogens is 256 g/mol. The lowest BCUT2D eigenvalue weighted by Crippen LogP contribution is -2.43. The lowest BCUT2D eigenvalue weighted by atomic mass is 9.90. The van der Waals surface area contributed by atoms with E-state index in [1.54, 1.807) is 6.07 Å². The first-order valence-corrected chi connectivity index (χ1v) is 5.28. The Morgan fingerprint density at radius 3 is 2.53 bits per heavy atom. The fourth-order valence-electron chi connectivity index (χ4n) is 1.46. The van der Waals surface area contributed by atoms with E-state index in [9.17, 15) is 0 Å². The summed E-state index contributed by atoms with van der Waals surface area (Å²) in [6, 6.07) is 5.65.